The number of pyridine rings is 1. The summed E-state index contributed by atoms with van der Waals surface area (Å²) >= 11 is 0. The highest BCUT2D eigenvalue weighted by molar-refractivity contribution is 8.76. The van der Waals surface area contributed by atoms with E-state index in [1.165, 1.54) is 22.5 Å². The molecule has 0 saturated heterocycles. The van der Waals surface area contributed by atoms with Gasteiger partial charge in [-0.05, 0) is 64.7 Å². The van der Waals surface area contributed by atoms with E-state index in [0.717, 1.165) is 54.5 Å². The van der Waals surface area contributed by atoms with Crippen LogP contribution in [0.3, 0.4) is 0 Å². The molecular formula is C48H53N4O2S2+. The number of nitrogens with zero attached hydrogens (tertiary/aromatic N) is 4. The summed E-state index contributed by atoms with van der Waals surface area (Å²) in [6.45, 7) is 4.80. The van der Waals surface area contributed by atoms with E-state index in [4.69, 9.17) is 5.11 Å². The van der Waals surface area contributed by atoms with Crippen LogP contribution in [0.4, 0.5) is 11.4 Å². The minimum absolute atomic E-state index is 0.0698. The average Bonchev–Trinajstić information content (AvgIpc) is 3.24. The first-order valence-corrected chi connectivity index (χ1v) is 21.6. The van der Waals surface area contributed by atoms with Gasteiger partial charge in [-0.15, -0.1) is 0 Å². The second-order valence-electron chi connectivity index (χ2n) is 12.9. The van der Waals surface area contributed by atoms with Crippen molar-refractivity contribution >= 4 is 57.4 Å². The summed E-state index contributed by atoms with van der Waals surface area (Å²) in [5.41, 5.74) is 8.40. The topological polar surface area (TPSA) is 63.2 Å². The number of rotatable bonds is 23. The van der Waals surface area contributed by atoms with E-state index in [2.05, 4.69) is 153 Å². The van der Waals surface area contributed by atoms with Gasteiger partial charge in [-0.2, -0.15) is 4.57 Å². The lowest BCUT2D eigenvalue weighted by molar-refractivity contribution is -0.699. The minimum Gasteiger partial charge on any atom is -0.394 e. The summed E-state index contributed by atoms with van der Waals surface area (Å²) < 4.78 is 2.06. The lowest BCUT2D eigenvalue weighted by Gasteiger charge is -2.26. The number of allylic oxidation sites excluding steroid dienone is 5. The average molecular weight is 782 g/mol. The van der Waals surface area contributed by atoms with Crippen molar-refractivity contribution < 1.29 is 14.8 Å². The Labute approximate surface area is 341 Å². The summed E-state index contributed by atoms with van der Waals surface area (Å²) in [4.78, 5) is 9.00. The molecule has 5 aromatic rings. The number of aliphatic hydroxyl groups excluding tert-OH is 2. The summed E-state index contributed by atoms with van der Waals surface area (Å²) in [7, 11) is 3.89. The van der Waals surface area contributed by atoms with Gasteiger partial charge in [0, 0.05) is 73.5 Å². The second-order valence-corrected chi connectivity index (χ2v) is 15.6. The molecule has 6 nitrogen and oxygen atoms in total. The zero-order valence-corrected chi connectivity index (χ0v) is 33.6. The molecular weight excluding hydrogens is 729 g/mol. The van der Waals surface area contributed by atoms with Crippen molar-refractivity contribution in [3.05, 3.63) is 192 Å². The molecule has 0 bridgehead atoms. The van der Waals surface area contributed by atoms with Gasteiger partial charge >= 0.3 is 0 Å². The van der Waals surface area contributed by atoms with Crippen molar-refractivity contribution in [3.63, 3.8) is 0 Å². The van der Waals surface area contributed by atoms with Crippen molar-refractivity contribution in [2.75, 3.05) is 54.2 Å². The zero-order valence-electron chi connectivity index (χ0n) is 32.0. The Morgan fingerprint density at radius 3 is 1.64 bits per heavy atom. The molecule has 8 heteroatoms. The van der Waals surface area contributed by atoms with Gasteiger partial charge in [0.1, 0.15) is 6.61 Å². The molecule has 0 atom stereocenters. The minimum atomic E-state index is 0.0698. The largest absolute Gasteiger partial charge is 0.394 e. The third-order valence-corrected chi connectivity index (χ3v) is 11.2. The predicted molar refractivity (Wildman–Crippen MR) is 243 cm³/mol. The fourth-order valence-corrected chi connectivity index (χ4v) is 7.93. The third kappa shape index (κ3) is 15.2. The Morgan fingerprint density at radius 1 is 0.536 bits per heavy atom. The quantitative estimate of drug-likeness (QED) is 0.0227. The third-order valence-electron chi connectivity index (χ3n) is 8.84. The molecule has 1 heterocycles. The van der Waals surface area contributed by atoms with Crippen LogP contribution in [0.15, 0.2) is 169 Å². The molecule has 0 aliphatic carbocycles. The first-order valence-electron chi connectivity index (χ1n) is 19.1. The maximum Gasteiger partial charge on any atom is 0.205 e. The molecule has 56 heavy (non-hydrogen) atoms. The number of anilines is 2. The van der Waals surface area contributed by atoms with Gasteiger partial charge in [0.05, 0.1) is 13.2 Å². The van der Waals surface area contributed by atoms with Crippen LogP contribution in [-0.2, 0) is 19.6 Å². The standard InChI is InChI=1S/C48H53N4O2S2/c53-36-31-49-30-12-3-1-2-6-14-42-20-26-47(27-21-42)51(40-44-15-7-4-8-16-44)34-38-55-56-39-35-52(41-45-17-9-5-10-18-45)48-28-23-43(24-29-48)22-25-46-19-11-13-32-50(46)33-37-54/h1-30,32,53-54H,31,33-41H2/q+1/b2-1+,12-3-,14-6+,49-30?. The fraction of sp³-hybridized carbons (Fsp3) is 0.208. The molecule has 0 unspecified atom stereocenters. The highest BCUT2D eigenvalue weighted by Gasteiger charge is 2.11. The van der Waals surface area contributed by atoms with Crippen LogP contribution >= 0.6 is 21.6 Å². The van der Waals surface area contributed by atoms with E-state index < -0.39 is 0 Å². The Bertz CT molecular complexity index is 1980. The summed E-state index contributed by atoms with van der Waals surface area (Å²) in [5, 5.41) is 18.2. The first-order chi connectivity index (χ1) is 27.7. The van der Waals surface area contributed by atoms with Crippen LogP contribution < -0.4 is 14.4 Å². The molecule has 0 aliphatic rings. The molecule has 0 amide bonds. The Morgan fingerprint density at radius 2 is 1.07 bits per heavy atom. The van der Waals surface area contributed by atoms with Crippen LogP contribution in [-0.4, -0.2) is 60.8 Å². The van der Waals surface area contributed by atoms with Gasteiger partial charge in [-0.3, -0.25) is 4.99 Å². The van der Waals surface area contributed by atoms with Crippen LogP contribution in [0.25, 0.3) is 18.2 Å². The first kappa shape index (κ1) is 42.0. The van der Waals surface area contributed by atoms with E-state index in [1.807, 2.05) is 70.3 Å². The van der Waals surface area contributed by atoms with Gasteiger partial charge in [-0.25, -0.2) is 0 Å². The number of aliphatic imine (C=N–C) groups is 1. The Kier molecular flexibility index (Phi) is 18.9. The summed E-state index contributed by atoms with van der Waals surface area (Å²) in [5.74, 6) is 2.03. The summed E-state index contributed by atoms with van der Waals surface area (Å²) in [6, 6.07) is 45.1. The van der Waals surface area contributed by atoms with Crippen LogP contribution in [0.1, 0.15) is 27.9 Å². The van der Waals surface area contributed by atoms with Crippen molar-refractivity contribution in [1.82, 2.24) is 0 Å². The monoisotopic (exact) mass is 781 g/mol. The fourth-order valence-electron chi connectivity index (χ4n) is 5.95. The smallest absolute Gasteiger partial charge is 0.205 e. The number of aromatic nitrogens is 1. The predicted octanol–water partition coefficient (Wildman–Crippen LogP) is 9.42. The lowest BCUT2D eigenvalue weighted by atomic mass is 10.1. The maximum atomic E-state index is 9.43. The van der Waals surface area contributed by atoms with Crippen molar-refractivity contribution in [1.29, 1.82) is 0 Å². The summed E-state index contributed by atoms with van der Waals surface area (Å²) in [6.07, 6.45) is 19.8. The lowest BCUT2D eigenvalue weighted by Crippen LogP contribution is -2.38. The van der Waals surface area contributed by atoms with E-state index in [-0.39, 0.29) is 13.2 Å². The zero-order chi connectivity index (χ0) is 38.9. The number of benzene rings is 4. The Hall–Kier alpha value is -5.12. The molecule has 0 spiro atoms. The SMILES string of the molecule is OCCN=C\C=C/C=C/C=C/c1ccc(N(CCSSCCN(Cc2ccccc2)c2ccc(/C=C/c3cccc[n+]3CCO)cc2)Cc2ccccc2)cc1. The van der Waals surface area contributed by atoms with Crippen LogP contribution in [0.2, 0.25) is 0 Å². The van der Waals surface area contributed by atoms with Gasteiger partial charge in [0.15, 0.2) is 12.7 Å². The van der Waals surface area contributed by atoms with Gasteiger partial charge in [0.25, 0.3) is 0 Å². The molecule has 0 radical (unpaired) electrons. The molecule has 2 N–H and O–H groups in total. The van der Waals surface area contributed by atoms with Crippen molar-refractivity contribution in [3.8, 4) is 0 Å². The van der Waals surface area contributed by atoms with Crippen molar-refractivity contribution in [2.24, 2.45) is 4.99 Å². The molecule has 0 aliphatic heterocycles. The van der Waals surface area contributed by atoms with Gasteiger partial charge in [-0.1, -0.05) is 137 Å². The second kappa shape index (κ2) is 25.1. The van der Waals surface area contributed by atoms with Crippen LogP contribution in [0, 0.1) is 0 Å². The van der Waals surface area contributed by atoms with E-state index in [1.54, 1.807) is 6.21 Å². The highest BCUT2D eigenvalue weighted by atomic mass is 33.1. The van der Waals surface area contributed by atoms with E-state index >= 15 is 0 Å². The number of aliphatic hydroxyl groups is 2. The maximum absolute atomic E-state index is 9.43. The molecule has 5 rings (SSSR count). The molecule has 1 aromatic heterocycles. The Balaban J connectivity index is 1.15. The molecule has 0 fully saturated rings. The van der Waals surface area contributed by atoms with Gasteiger partial charge < -0.3 is 20.0 Å². The number of hydrogen-bond acceptors (Lipinski definition) is 7. The van der Waals surface area contributed by atoms with E-state index in [0.29, 0.717) is 13.1 Å². The van der Waals surface area contributed by atoms with Crippen molar-refractivity contribution in [2.45, 2.75) is 19.6 Å². The highest BCUT2D eigenvalue weighted by Crippen LogP contribution is 2.26. The molecule has 288 valence electrons. The normalized spacial score (nSPS) is 11.9. The van der Waals surface area contributed by atoms with Crippen LogP contribution in [0.5, 0.6) is 0 Å². The molecule has 4 aromatic carbocycles. The number of hydrogen-bond donors (Lipinski definition) is 2. The van der Waals surface area contributed by atoms with E-state index in [9.17, 15) is 5.11 Å². The van der Waals surface area contributed by atoms with Gasteiger partial charge in [0.2, 0.25) is 5.69 Å². The molecule has 0 saturated carbocycles.